The molecule has 4 N–H and O–H groups in total. The minimum absolute atomic E-state index is 0.213. The molecule has 5 heteroatoms. The molecule has 2 aromatic carbocycles. The first-order chi connectivity index (χ1) is 9.47. The maximum Gasteiger partial charge on any atom is 0.248 e. The van der Waals surface area contributed by atoms with Crippen molar-refractivity contribution < 1.29 is 9.90 Å². The lowest BCUT2D eigenvalue weighted by Gasteiger charge is -2.11. The molecule has 4 nitrogen and oxygen atoms in total. The van der Waals surface area contributed by atoms with E-state index in [0.29, 0.717) is 22.8 Å². The molecule has 0 radical (unpaired) electrons. The van der Waals surface area contributed by atoms with Crippen molar-refractivity contribution in [1.82, 2.24) is 0 Å². The molecular weight excluding hydrogens is 276 g/mol. The number of nitrogens with one attached hydrogen (secondary N) is 1. The number of hydrogen-bond acceptors (Lipinski definition) is 3. The van der Waals surface area contributed by atoms with Gasteiger partial charge in [0.05, 0.1) is 10.7 Å². The summed E-state index contributed by atoms with van der Waals surface area (Å²) in [6.07, 6.45) is 0. The smallest absolute Gasteiger partial charge is 0.248 e. The summed E-state index contributed by atoms with van der Waals surface area (Å²) in [6.45, 7) is 2.35. The van der Waals surface area contributed by atoms with E-state index < -0.39 is 5.91 Å². The number of primary amides is 1. The predicted molar refractivity (Wildman–Crippen MR) is 80.1 cm³/mol. The molecule has 0 saturated carbocycles. The highest BCUT2D eigenvalue weighted by atomic mass is 35.5. The molecule has 2 aromatic rings. The van der Waals surface area contributed by atoms with Gasteiger partial charge in [0.1, 0.15) is 5.75 Å². The van der Waals surface area contributed by atoms with Gasteiger partial charge in [0.25, 0.3) is 0 Å². The second-order valence-corrected chi connectivity index (χ2v) is 4.95. The van der Waals surface area contributed by atoms with Crippen molar-refractivity contribution in [2.75, 3.05) is 5.32 Å². The Labute approximate surface area is 122 Å². The van der Waals surface area contributed by atoms with Crippen LogP contribution in [0.4, 0.5) is 5.69 Å². The number of nitrogens with two attached hydrogens (primary N) is 1. The van der Waals surface area contributed by atoms with Crippen LogP contribution in [0.5, 0.6) is 5.75 Å². The summed E-state index contributed by atoms with van der Waals surface area (Å²) < 4.78 is 0. The van der Waals surface area contributed by atoms with Crippen LogP contribution in [0.3, 0.4) is 0 Å². The van der Waals surface area contributed by atoms with E-state index >= 15 is 0 Å². The Morgan fingerprint density at radius 2 is 2.05 bits per heavy atom. The minimum Gasteiger partial charge on any atom is -0.508 e. The summed E-state index contributed by atoms with van der Waals surface area (Å²) in [5.41, 5.74) is 8.02. The van der Waals surface area contributed by atoms with Gasteiger partial charge in [-0.1, -0.05) is 29.3 Å². The van der Waals surface area contributed by atoms with Crippen LogP contribution in [0.25, 0.3) is 0 Å². The lowest BCUT2D eigenvalue weighted by molar-refractivity contribution is 0.100. The third kappa shape index (κ3) is 3.22. The molecule has 0 aromatic heterocycles. The quantitative estimate of drug-likeness (QED) is 0.810. The number of carbonyl (C=O) groups excluding carboxylic acids is 1. The fraction of sp³-hybridized carbons (Fsp3) is 0.133. The molecule has 0 fully saturated rings. The Morgan fingerprint density at radius 3 is 2.75 bits per heavy atom. The average molecular weight is 291 g/mol. The number of aryl methyl sites for hydroxylation is 1. The van der Waals surface area contributed by atoms with Crippen molar-refractivity contribution in [2.45, 2.75) is 13.5 Å². The topological polar surface area (TPSA) is 75.3 Å². The number of phenolic OH excluding ortho intramolecular Hbond substituents is 1. The molecule has 104 valence electrons. The van der Waals surface area contributed by atoms with Gasteiger partial charge in [0.2, 0.25) is 5.91 Å². The van der Waals surface area contributed by atoms with Crippen LogP contribution in [-0.4, -0.2) is 11.0 Å². The Bertz CT molecular complexity index is 656. The molecule has 0 aliphatic rings. The van der Waals surface area contributed by atoms with Crippen LogP contribution in [0.1, 0.15) is 21.5 Å². The van der Waals surface area contributed by atoms with E-state index in [-0.39, 0.29) is 5.75 Å². The van der Waals surface area contributed by atoms with Crippen molar-refractivity contribution in [2.24, 2.45) is 5.73 Å². The largest absolute Gasteiger partial charge is 0.508 e. The first-order valence-electron chi connectivity index (χ1n) is 6.09. The number of carbonyl (C=O) groups is 1. The summed E-state index contributed by atoms with van der Waals surface area (Å²) in [5, 5.41) is 13.4. The lowest BCUT2D eigenvalue weighted by atomic mass is 10.1. The molecule has 0 bridgehead atoms. The number of benzene rings is 2. The third-order valence-electron chi connectivity index (χ3n) is 2.96. The molecule has 0 spiro atoms. The van der Waals surface area contributed by atoms with E-state index in [2.05, 4.69) is 5.32 Å². The molecule has 1 amide bonds. The summed E-state index contributed by atoms with van der Waals surface area (Å²) in [5.74, 6) is -0.298. The van der Waals surface area contributed by atoms with Gasteiger partial charge in [0, 0.05) is 17.7 Å². The summed E-state index contributed by atoms with van der Waals surface area (Å²) in [6, 6.07) is 10.1. The number of aromatic hydroxyl groups is 1. The summed E-state index contributed by atoms with van der Waals surface area (Å²) >= 11 is 6.06. The van der Waals surface area contributed by atoms with Gasteiger partial charge in [-0.15, -0.1) is 0 Å². The molecular formula is C15H15ClN2O2. The number of hydrogen-bond donors (Lipinski definition) is 3. The molecule has 0 atom stereocenters. The Hall–Kier alpha value is -2.20. The highest BCUT2D eigenvalue weighted by molar-refractivity contribution is 6.33. The van der Waals surface area contributed by atoms with Crippen molar-refractivity contribution in [3.05, 3.63) is 58.1 Å². The lowest BCUT2D eigenvalue weighted by Crippen LogP contribution is -2.11. The number of rotatable bonds is 4. The zero-order valence-corrected chi connectivity index (χ0v) is 11.7. The molecule has 0 heterocycles. The zero-order chi connectivity index (χ0) is 14.7. The van der Waals surface area contributed by atoms with Crippen LogP contribution in [0, 0.1) is 6.92 Å². The highest BCUT2D eigenvalue weighted by Crippen LogP contribution is 2.25. The first-order valence-corrected chi connectivity index (χ1v) is 6.47. The fourth-order valence-corrected chi connectivity index (χ4v) is 2.04. The average Bonchev–Trinajstić information content (AvgIpc) is 2.41. The van der Waals surface area contributed by atoms with E-state index in [4.69, 9.17) is 17.3 Å². The van der Waals surface area contributed by atoms with E-state index in [1.807, 2.05) is 19.1 Å². The van der Waals surface area contributed by atoms with Crippen LogP contribution in [0.2, 0.25) is 5.02 Å². The second kappa shape index (κ2) is 5.84. The van der Waals surface area contributed by atoms with E-state index in [1.54, 1.807) is 24.3 Å². The van der Waals surface area contributed by atoms with Gasteiger partial charge in [-0.25, -0.2) is 0 Å². The monoisotopic (exact) mass is 290 g/mol. The molecule has 0 saturated heterocycles. The Balaban J connectivity index is 2.20. The van der Waals surface area contributed by atoms with Gasteiger partial charge >= 0.3 is 0 Å². The van der Waals surface area contributed by atoms with Crippen molar-refractivity contribution in [3.63, 3.8) is 0 Å². The number of amides is 1. The van der Waals surface area contributed by atoms with Crippen LogP contribution in [-0.2, 0) is 6.54 Å². The van der Waals surface area contributed by atoms with Gasteiger partial charge in [-0.3, -0.25) is 4.79 Å². The molecule has 0 aliphatic heterocycles. The van der Waals surface area contributed by atoms with Gasteiger partial charge in [-0.05, 0) is 31.2 Å². The van der Waals surface area contributed by atoms with Gasteiger partial charge in [-0.2, -0.15) is 0 Å². The summed E-state index contributed by atoms with van der Waals surface area (Å²) in [4.78, 5) is 11.1. The van der Waals surface area contributed by atoms with E-state index in [1.165, 1.54) is 0 Å². The number of halogens is 1. The third-order valence-corrected chi connectivity index (χ3v) is 3.28. The van der Waals surface area contributed by atoms with Gasteiger partial charge < -0.3 is 16.2 Å². The fourth-order valence-electron chi connectivity index (χ4n) is 1.86. The second-order valence-electron chi connectivity index (χ2n) is 4.54. The van der Waals surface area contributed by atoms with Gasteiger partial charge in [0.15, 0.2) is 0 Å². The molecule has 0 aliphatic carbocycles. The standard InChI is InChI=1S/C15H15ClN2O2/c1-9-2-5-14(19)11(6-9)8-18-13-7-10(15(17)20)3-4-12(13)16/h2-7,18-19H,8H2,1H3,(H2,17,20). The predicted octanol–water partition coefficient (Wildman–Crippen LogP) is 3.07. The van der Waals surface area contributed by atoms with E-state index in [9.17, 15) is 9.90 Å². The molecule has 2 rings (SSSR count). The normalized spacial score (nSPS) is 10.3. The number of anilines is 1. The maximum atomic E-state index is 11.1. The Morgan fingerprint density at radius 1 is 1.30 bits per heavy atom. The van der Waals surface area contributed by atoms with Crippen molar-refractivity contribution >= 4 is 23.2 Å². The summed E-state index contributed by atoms with van der Waals surface area (Å²) in [7, 11) is 0. The van der Waals surface area contributed by atoms with E-state index in [0.717, 1.165) is 11.1 Å². The number of phenols is 1. The van der Waals surface area contributed by atoms with Crippen LogP contribution >= 0.6 is 11.6 Å². The molecule has 0 unspecified atom stereocenters. The molecule has 20 heavy (non-hydrogen) atoms. The van der Waals surface area contributed by atoms with Crippen molar-refractivity contribution in [3.8, 4) is 5.75 Å². The highest BCUT2D eigenvalue weighted by Gasteiger charge is 2.07. The van der Waals surface area contributed by atoms with Crippen molar-refractivity contribution in [1.29, 1.82) is 0 Å². The first kappa shape index (κ1) is 14.2. The Kier molecular flexibility index (Phi) is 4.15. The van der Waals surface area contributed by atoms with Crippen LogP contribution in [0.15, 0.2) is 36.4 Å². The van der Waals surface area contributed by atoms with Crippen LogP contribution < -0.4 is 11.1 Å². The SMILES string of the molecule is Cc1ccc(O)c(CNc2cc(C(N)=O)ccc2Cl)c1. The minimum atomic E-state index is -0.511. The zero-order valence-electron chi connectivity index (χ0n) is 11.0. The maximum absolute atomic E-state index is 11.1.